The molecule has 0 N–H and O–H groups in total. The van der Waals surface area contributed by atoms with E-state index in [9.17, 15) is 14.4 Å². The van der Waals surface area contributed by atoms with Crippen LogP contribution in [0.3, 0.4) is 0 Å². The molecule has 5 heteroatoms. The Morgan fingerprint density at radius 1 is 1.32 bits per heavy atom. The lowest BCUT2D eigenvalue weighted by atomic mass is 9.67. The van der Waals surface area contributed by atoms with Crippen LogP contribution in [0.4, 0.5) is 0 Å². The third kappa shape index (κ3) is 2.01. The molecule has 22 heavy (non-hydrogen) atoms. The van der Waals surface area contributed by atoms with Gasteiger partial charge in [-0.1, -0.05) is 13.8 Å². The Morgan fingerprint density at radius 2 is 2.00 bits per heavy atom. The second-order valence-electron chi connectivity index (χ2n) is 7.44. The van der Waals surface area contributed by atoms with Gasteiger partial charge < -0.3 is 9.47 Å². The van der Waals surface area contributed by atoms with Crippen molar-refractivity contribution in [1.29, 1.82) is 0 Å². The molecule has 0 radical (unpaired) electrons. The first kappa shape index (κ1) is 15.5. The first-order valence-electron chi connectivity index (χ1n) is 8.17. The highest BCUT2D eigenvalue weighted by Crippen LogP contribution is 2.56. The van der Waals surface area contributed by atoms with Gasteiger partial charge in [-0.25, -0.2) is 0 Å². The van der Waals surface area contributed by atoms with Crippen molar-refractivity contribution in [2.75, 3.05) is 0 Å². The molecule has 7 atom stereocenters. The number of carbonyl (C=O) groups is 3. The molecule has 0 spiro atoms. The molecule has 1 saturated heterocycles. The summed E-state index contributed by atoms with van der Waals surface area (Å²) in [5, 5.41) is 0. The van der Waals surface area contributed by atoms with Crippen molar-refractivity contribution >= 4 is 17.7 Å². The highest BCUT2D eigenvalue weighted by atomic mass is 16.6. The number of esters is 2. The number of fused-ring (bicyclic) bond motifs is 2. The largest absolute Gasteiger partial charge is 0.462 e. The molecule has 1 unspecified atom stereocenters. The zero-order valence-electron chi connectivity index (χ0n) is 13.6. The fourth-order valence-electron chi connectivity index (χ4n) is 5.09. The Balaban J connectivity index is 2.09. The summed E-state index contributed by atoms with van der Waals surface area (Å²) < 4.78 is 11.2. The number of ketones is 1. The minimum absolute atomic E-state index is 0.155. The van der Waals surface area contributed by atoms with Crippen molar-refractivity contribution in [2.24, 2.45) is 29.1 Å². The number of rotatable bonds is 1. The van der Waals surface area contributed by atoms with E-state index in [2.05, 4.69) is 6.92 Å². The zero-order valence-corrected chi connectivity index (χ0v) is 13.6. The number of hydrogen-bond donors (Lipinski definition) is 0. The number of carbonyl (C=O) groups excluding carboxylic acids is 3. The Morgan fingerprint density at radius 3 is 2.64 bits per heavy atom. The first-order valence-corrected chi connectivity index (χ1v) is 8.17. The molecule has 122 valence electrons. The highest BCUT2D eigenvalue weighted by molar-refractivity contribution is 5.88. The van der Waals surface area contributed by atoms with Crippen LogP contribution in [-0.4, -0.2) is 29.9 Å². The smallest absolute Gasteiger partial charge is 0.309 e. The maximum absolute atomic E-state index is 12.7. The van der Waals surface area contributed by atoms with Gasteiger partial charge in [-0.05, 0) is 31.6 Å². The predicted molar refractivity (Wildman–Crippen MR) is 77.7 cm³/mol. The Labute approximate surface area is 130 Å². The first-order chi connectivity index (χ1) is 10.3. The monoisotopic (exact) mass is 308 g/mol. The van der Waals surface area contributed by atoms with Gasteiger partial charge in [0, 0.05) is 19.3 Å². The van der Waals surface area contributed by atoms with E-state index in [1.165, 1.54) is 6.92 Å². The number of hydrogen-bond acceptors (Lipinski definition) is 5. The van der Waals surface area contributed by atoms with E-state index in [0.29, 0.717) is 6.42 Å². The second kappa shape index (κ2) is 5.07. The molecule has 0 aromatic heterocycles. The molecule has 0 aromatic carbocycles. The topological polar surface area (TPSA) is 69.7 Å². The SMILES string of the molecule is CC(=O)O[C@H]1[C@@H]2C(C)C(=O)O[C@H]2C[C@@H](C)[C@@H]2CCC(=O)[C@]21C. The van der Waals surface area contributed by atoms with Gasteiger partial charge in [-0.15, -0.1) is 0 Å². The van der Waals surface area contributed by atoms with Crippen LogP contribution in [0.15, 0.2) is 0 Å². The van der Waals surface area contributed by atoms with Crippen molar-refractivity contribution in [3.8, 4) is 0 Å². The van der Waals surface area contributed by atoms with Crippen molar-refractivity contribution in [3.05, 3.63) is 0 Å². The quantitative estimate of drug-likeness (QED) is 0.694. The Hall–Kier alpha value is -1.39. The van der Waals surface area contributed by atoms with Crippen molar-refractivity contribution in [2.45, 2.75) is 59.2 Å². The van der Waals surface area contributed by atoms with Crippen LogP contribution in [0.5, 0.6) is 0 Å². The molecule has 0 bridgehead atoms. The maximum Gasteiger partial charge on any atom is 0.309 e. The van der Waals surface area contributed by atoms with Crippen LogP contribution < -0.4 is 0 Å². The third-order valence-corrected chi connectivity index (χ3v) is 6.22. The van der Waals surface area contributed by atoms with Gasteiger partial charge >= 0.3 is 11.9 Å². The Kier molecular flexibility index (Phi) is 3.57. The fourth-order valence-corrected chi connectivity index (χ4v) is 5.09. The molecular weight excluding hydrogens is 284 g/mol. The summed E-state index contributed by atoms with van der Waals surface area (Å²) in [6, 6.07) is 0. The molecule has 0 aromatic rings. The second-order valence-corrected chi connectivity index (χ2v) is 7.44. The Bertz CT molecular complexity index is 527. The van der Waals surface area contributed by atoms with E-state index in [0.717, 1.165) is 12.8 Å². The van der Waals surface area contributed by atoms with E-state index in [1.807, 2.05) is 13.8 Å². The van der Waals surface area contributed by atoms with Crippen LogP contribution in [0.1, 0.15) is 47.0 Å². The van der Waals surface area contributed by atoms with Crippen molar-refractivity contribution < 1.29 is 23.9 Å². The van der Waals surface area contributed by atoms with Gasteiger partial charge in [0.15, 0.2) is 0 Å². The normalized spacial score (nSPS) is 47.5. The third-order valence-electron chi connectivity index (χ3n) is 6.22. The number of ether oxygens (including phenoxy) is 2. The molecule has 3 aliphatic rings. The minimum Gasteiger partial charge on any atom is -0.462 e. The van der Waals surface area contributed by atoms with E-state index in [1.54, 1.807) is 0 Å². The summed E-state index contributed by atoms with van der Waals surface area (Å²) in [4.78, 5) is 36.4. The van der Waals surface area contributed by atoms with Crippen LogP contribution in [0.2, 0.25) is 0 Å². The van der Waals surface area contributed by atoms with E-state index >= 15 is 0 Å². The lowest BCUT2D eigenvalue weighted by Crippen LogP contribution is -2.49. The minimum atomic E-state index is -0.702. The van der Waals surface area contributed by atoms with Crippen LogP contribution in [0, 0.1) is 29.1 Å². The van der Waals surface area contributed by atoms with Crippen LogP contribution in [0.25, 0.3) is 0 Å². The van der Waals surface area contributed by atoms with Gasteiger partial charge in [0.25, 0.3) is 0 Å². The molecule has 1 aliphatic heterocycles. The highest BCUT2D eigenvalue weighted by Gasteiger charge is 2.63. The number of Topliss-reactive ketones (excluding diaryl/α,β-unsaturated/α-hetero) is 1. The van der Waals surface area contributed by atoms with Gasteiger partial charge in [-0.3, -0.25) is 14.4 Å². The van der Waals surface area contributed by atoms with E-state index in [4.69, 9.17) is 9.47 Å². The molecular formula is C17H24O5. The summed E-state index contributed by atoms with van der Waals surface area (Å²) in [6.45, 7) is 7.22. The molecule has 3 fully saturated rings. The van der Waals surface area contributed by atoms with E-state index in [-0.39, 0.29) is 41.5 Å². The van der Waals surface area contributed by atoms with Gasteiger partial charge in [0.05, 0.1) is 11.3 Å². The summed E-state index contributed by atoms with van der Waals surface area (Å²) in [6.07, 6.45) is 1.28. The predicted octanol–water partition coefficient (Wildman–Crippen LogP) is 2.12. The molecule has 3 rings (SSSR count). The van der Waals surface area contributed by atoms with E-state index < -0.39 is 17.5 Å². The molecule has 0 amide bonds. The van der Waals surface area contributed by atoms with Crippen molar-refractivity contribution in [1.82, 2.24) is 0 Å². The van der Waals surface area contributed by atoms with Crippen molar-refractivity contribution in [3.63, 3.8) is 0 Å². The van der Waals surface area contributed by atoms with Gasteiger partial charge in [-0.2, -0.15) is 0 Å². The average Bonchev–Trinajstić information content (AvgIpc) is 2.84. The summed E-state index contributed by atoms with van der Waals surface area (Å²) in [5.41, 5.74) is -0.702. The fraction of sp³-hybridized carbons (Fsp3) is 0.824. The maximum atomic E-state index is 12.7. The zero-order chi connectivity index (χ0) is 16.2. The summed E-state index contributed by atoms with van der Waals surface area (Å²) in [7, 11) is 0. The summed E-state index contributed by atoms with van der Waals surface area (Å²) in [5.74, 6) is -0.607. The molecule has 2 aliphatic carbocycles. The summed E-state index contributed by atoms with van der Waals surface area (Å²) >= 11 is 0. The molecule has 5 nitrogen and oxygen atoms in total. The lowest BCUT2D eigenvalue weighted by Gasteiger charge is -2.40. The molecule has 2 saturated carbocycles. The molecule has 1 heterocycles. The standard InChI is InChI=1S/C17H24O5/c1-8-7-12-14(9(2)16(20)22-12)15(21-10(3)18)17(4)11(8)5-6-13(17)19/h8-9,11-12,14-15H,5-7H2,1-4H3/t8-,9?,11+,12+,14-,15+,17+/m1/s1. The van der Waals surface area contributed by atoms with Crippen LogP contribution in [-0.2, 0) is 23.9 Å². The van der Waals surface area contributed by atoms with Crippen LogP contribution >= 0.6 is 0 Å². The average molecular weight is 308 g/mol. The van der Waals surface area contributed by atoms with Gasteiger partial charge in [0.2, 0.25) is 0 Å². The van der Waals surface area contributed by atoms with Gasteiger partial charge in [0.1, 0.15) is 18.0 Å². The lowest BCUT2D eigenvalue weighted by molar-refractivity contribution is -0.165.